The molecule has 5 atom stereocenters. The molecule has 10 heteroatoms. The van der Waals surface area contributed by atoms with Gasteiger partial charge in [-0.05, 0) is 54.2 Å². The molecule has 0 aliphatic heterocycles. The van der Waals surface area contributed by atoms with E-state index in [2.05, 4.69) is 51.7 Å². The molecule has 266 valence electrons. The Kier molecular flexibility index (Phi) is 15.3. The van der Waals surface area contributed by atoms with Crippen LogP contribution in [0.3, 0.4) is 0 Å². The fourth-order valence-electron chi connectivity index (χ4n) is 6.98. The zero-order chi connectivity index (χ0) is 35.0. The third kappa shape index (κ3) is 12.7. The first kappa shape index (κ1) is 37.8. The van der Waals surface area contributed by atoms with Crippen LogP contribution in [0.25, 0.3) is 0 Å². The normalized spacial score (nSPS) is 16.7. The van der Waals surface area contributed by atoms with Crippen LogP contribution in [0.4, 0.5) is 0 Å². The van der Waals surface area contributed by atoms with Gasteiger partial charge >= 0.3 is 0 Å². The molecule has 0 radical (unpaired) electrons. The van der Waals surface area contributed by atoms with E-state index < -0.39 is 30.1 Å². The number of amides is 3. The van der Waals surface area contributed by atoms with Crippen LogP contribution in [0.5, 0.6) is 0 Å². The van der Waals surface area contributed by atoms with Gasteiger partial charge in [0.2, 0.25) is 17.7 Å². The molecule has 0 spiro atoms. The number of aliphatic hydroxyl groups is 1. The first-order chi connectivity index (χ1) is 23.7. The van der Waals surface area contributed by atoms with E-state index in [4.69, 9.17) is 0 Å². The Labute approximate surface area is 291 Å². The second-order valence-electron chi connectivity index (χ2n) is 14.1. The van der Waals surface area contributed by atoms with Crippen molar-refractivity contribution in [1.29, 1.82) is 0 Å². The number of carbonyl (C=O) groups excluding carboxylic acids is 3. The number of pyridine rings is 1. The zero-order valence-electron chi connectivity index (χ0n) is 29.4. The Bertz CT molecular complexity index is 1400. The lowest BCUT2D eigenvalue weighted by Crippen LogP contribution is -2.57. The molecule has 2 aromatic heterocycles. The maximum atomic E-state index is 14.1. The Morgan fingerprint density at radius 2 is 1.63 bits per heavy atom. The summed E-state index contributed by atoms with van der Waals surface area (Å²) in [6.07, 6.45) is 15.1. The van der Waals surface area contributed by atoms with Crippen molar-refractivity contribution in [3.63, 3.8) is 0 Å². The van der Waals surface area contributed by atoms with Gasteiger partial charge in [0.05, 0.1) is 24.2 Å². The number of aliphatic hydroxyl groups excluding tert-OH is 1. The highest BCUT2D eigenvalue weighted by Gasteiger charge is 2.33. The van der Waals surface area contributed by atoms with Crippen molar-refractivity contribution in [1.82, 2.24) is 30.9 Å². The van der Waals surface area contributed by atoms with Gasteiger partial charge in [-0.1, -0.05) is 95.7 Å². The summed E-state index contributed by atoms with van der Waals surface area (Å²) in [6, 6.07) is 10.9. The van der Waals surface area contributed by atoms with Gasteiger partial charge in [-0.15, -0.1) is 0 Å². The minimum Gasteiger partial charge on any atom is -0.391 e. The molecular weight excluding hydrogens is 616 g/mol. The average Bonchev–Trinajstić information content (AvgIpc) is 3.63. The van der Waals surface area contributed by atoms with Crippen molar-refractivity contribution in [2.24, 2.45) is 17.8 Å². The smallest absolute Gasteiger partial charge is 0.243 e. The van der Waals surface area contributed by atoms with Crippen LogP contribution in [0.2, 0.25) is 0 Å². The summed E-state index contributed by atoms with van der Waals surface area (Å²) in [5.41, 5.74) is 2.44. The molecule has 1 aromatic carbocycles. The molecule has 1 fully saturated rings. The molecule has 0 unspecified atom stereocenters. The van der Waals surface area contributed by atoms with Crippen molar-refractivity contribution in [3.8, 4) is 0 Å². The van der Waals surface area contributed by atoms with Gasteiger partial charge < -0.3 is 26.0 Å². The molecule has 3 amide bonds. The van der Waals surface area contributed by atoms with Crippen molar-refractivity contribution in [2.75, 3.05) is 0 Å². The molecule has 0 saturated heterocycles. The quantitative estimate of drug-likeness (QED) is 0.120. The fraction of sp³-hybridized carbons (Fsp3) is 0.564. The van der Waals surface area contributed by atoms with Gasteiger partial charge in [-0.25, -0.2) is 4.98 Å². The highest BCUT2D eigenvalue weighted by molar-refractivity contribution is 5.92. The van der Waals surface area contributed by atoms with Crippen molar-refractivity contribution in [2.45, 2.75) is 122 Å². The number of nitrogens with zero attached hydrogens (tertiary/aromatic N) is 2. The summed E-state index contributed by atoms with van der Waals surface area (Å²) in [6.45, 7) is 6.49. The first-order valence-electron chi connectivity index (χ1n) is 18.2. The summed E-state index contributed by atoms with van der Waals surface area (Å²) in [5, 5.41) is 20.6. The van der Waals surface area contributed by atoms with E-state index in [1.165, 1.54) is 19.3 Å². The SMILES string of the molecule is CC[C@@H](C[C@H](O)[C@H](CC1CCCCC1)NC(=O)[C@H](Cc1c[nH]cn1)NC(=O)[C@H](Cc1ccccc1)NC(=O)CCc1cccnc1)C(C)C. The number of aromatic nitrogens is 3. The zero-order valence-corrected chi connectivity index (χ0v) is 29.4. The highest BCUT2D eigenvalue weighted by Crippen LogP contribution is 2.30. The number of hydrogen-bond donors (Lipinski definition) is 5. The molecule has 3 aromatic rings. The Hall–Kier alpha value is -4.05. The third-order valence-corrected chi connectivity index (χ3v) is 10.0. The van der Waals surface area contributed by atoms with Gasteiger partial charge in [0, 0.05) is 37.9 Å². The average molecular weight is 673 g/mol. The number of benzene rings is 1. The molecular formula is C39H56N6O4. The second-order valence-corrected chi connectivity index (χ2v) is 14.1. The number of rotatable bonds is 19. The standard InChI is InChI=1S/C39H56N6O4/c1-4-31(27(2)3)22-36(46)33(20-28-12-7-5-8-13-28)44-39(49)35(23-32-25-41-26-42-32)45-38(48)34(21-29-14-9-6-10-15-29)43-37(47)18-17-30-16-11-19-40-24-30/h6,9-11,14-16,19,24-28,31,33-36,46H,4-5,7-8,12-13,17-18,20-23H2,1-3H3,(H,41,42)(H,43,47)(H,44,49)(H,45,48)/t31-,33-,34-,35-,36-/m0/s1. The molecule has 10 nitrogen and oxygen atoms in total. The van der Waals surface area contributed by atoms with Crippen LogP contribution in [0.1, 0.15) is 95.4 Å². The third-order valence-electron chi connectivity index (χ3n) is 10.0. The fourth-order valence-corrected chi connectivity index (χ4v) is 6.98. The Balaban J connectivity index is 1.52. The largest absolute Gasteiger partial charge is 0.391 e. The minimum atomic E-state index is -0.963. The van der Waals surface area contributed by atoms with Gasteiger partial charge in [0.1, 0.15) is 12.1 Å². The van der Waals surface area contributed by atoms with E-state index in [9.17, 15) is 19.5 Å². The predicted octanol–water partition coefficient (Wildman–Crippen LogP) is 5.08. The minimum absolute atomic E-state index is 0.157. The van der Waals surface area contributed by atoms with Gasteiger partial charge in [-0.3, -0.25) is 19.4 Å². The molecule has 1 saturated carbocycles. The van der Waals surface area contributed by atoms with Gasteiger partial charge in [0.15, 0.2) is 0 Å². The molecule has 5 N–H and O–H groups in total. The number of carbonyl (C=O) groups is 3. The number of imidazole rings is 1. The van der Waals surface area contributed by atoms with Crippen molar-refractivity contribution >= 4 is 17.7 Å². The number of aryl methyl sites for hydroxylation is 1. The van der Waals surface area contributed by atoms with Gasteiger partial charge in [0.25, 0.3) is 0 Å². The number of hydrogen-bond acceptors (Lipinski definition) is 6. The van der Waals surface area contributed by atoms with Crippen LogP contribution in [0.15, 0.2) is 67.4 Å². The monoisotopic (exact) mass is 672 g/mol. The van der Waals surface area contributed by atoms with E-state index in [0.29, 0.717) is 42.7 Å². The summed E-state index contributed by atoms with van der Waals surface area (Å²) < 4.78 is 0. The molecule has 1 aliphatic carbocycles. The van der Waals surface area contributed by atoms with E-state index >= 15 is 0 Å². The van der Waals surface area contributed by atoms with E-state index in [0.717, 1.165) is 30.4 Å². The number of H-pyrrole nitrogens is 1. The molecule has 1 aliphatic rings. The predicted molar refractivity (Wildman–Crippen MR) is 191 cm³/mol. The summed E-state index contributed by atoms with van der Waals surface area (Å²) >= 11 is 0. The van der Waals surface area contributed by atoms with Gasteiger partial charge in [-0.2, -0.15) is 0 Å². The lowest BCUT2D eigenvalue weighted by molar-refractivity contribution is -0.132. The lowest BCUT2D eigenvalue weighted by atomic mass is 9.80. The Morgan fingerprint density at radius 1 is 0.918 bits per heavy atom. The topological polar surface area (TPSA) is 149 Å². The molecule has 4 rings (SSSR count). The van der Waals surface area contributed by atoms with Crippen LogP contribution in [0, 0.1) is 17.8 Å². The van der Waals surface area contributed by atoms with Crippen LogP contribution in [-0.2, 0) is 33.6 Å². The number of aromatic amines is 1. The van der Waals surface area contributed by atoms with E-state index in [-0.39, 0.29) is 31.1 Å². The van der Waals surface area contributed by atoms with Crippen LogP contribution < -0.4 is 16.0 Å². The lowest BCUT2D eigenvalue weighted by Gasteiger charge is -2.33. The maximum Gasteiger partial charge on any atom is 0.243 e. The maximum absolute atomic E-state index is 14.1. The van der Waals surface area contributed by atoms with E-state index in [1.54, 1.807) is 24.9 Å². The van der Waals surface area contributed by atoms with E-state index in [1.807, 2.05) is 42.5 Å². The summed E-state index contributed by atoms with van der Waals surface area (Å²) in [5.74, 6) is 0.0999. The van der Waals surface area contributed by atoms with Crippen molar-refractivity contribution < 1.29 is 19.5 Å². The number of nitrogens with one attached hydrogen (secondary N) is 4. The summed E-state index contributed by atoms with van der Waals surface area (Å²) in [4.78, 5) is 52.7. The van der Waals surface area contributed by atoms with Crippen LogP contribution >= 0.6 is 0 Å². The highest BCUT2D eigenvalue weighted by atomic mass is 16.3. The van der Waals surface area contributed by atoms with Crippen molar-refractivity contribution in [3.05, 3.63) is 84.2 Å². The molecule has 49 heavy (non-hydrogen) atoms. The van der Waals surface area contributed by atoms with Crippen LogP contribution in [-0.4, -0.2) is 62.0 Å². The Morgan fingerprint density at radius 3 is 2.29 bits per heavy atom. The summed E-state index contributed by atoms with van der Waals surface area (Å²) in [7, 11) is 0. The second kappa shape index (κ2) is 19.8. The molecule has 0 bridgehead atoms. The first-order valence-corrected chi connectivity index (χ1v) is 18.2. The molecule has 2 heterocycles.